The second-order valence-corrected chi connectivity index (χ2v) is 3.55. The van der Waals surface area contributed by atoms with Gasteiger partial charge in [0.25, 0.3) is 5.91 Å². The van der Waals surface area contributed by atoms with Crippen molar-refractivity contribution in [2.24, 2.45) is 0 Å². The lowest BCUT2D eigenvalue weighted by Crippen LogP contribution is -2.37. The SMILES string of the molecule is CC(C)N(CCCO)C(=O)c1ccno1. The minimum Gasteiger partial charge on any atom is -0.396 e. The van der Waals surface area contributed by atoms with E-state index in [1.54, 1.807) is 4.90 Å². The van der Waals surface area contributed by atoms with Crippen LogP contribution in [-0.4, -0.2) is 40.3 Å². The lowest BCUT2D eigenvalue weighted by Gasteiger charge is -2.25. The Bertz CT molecular complexity index is 296. The van der Waals surface area contributed by atoms with Crippen molar-refractivity contribution < 1.29 is 14.4 Å². The molecule has 1 aromatic rings. The molecule has 0 aromatic carbocycles. The predicted octanol–water partition coefficient (Wildman–Crippen LogP) is 0.908. The molecule has 1 N–H and O–H groups in total. The number of aliphatic hydroxyl groups excluding tert-OH is 1. The van der Waals surface area contributed by atoms with Crippen molar-refractivity contribution >= 4 is 5.91 Å². The minimum absolute atomic E-state index is 0.0763. The van der Waals surface area contributed by atoms with Crippen molar-refractivity contribution in [2.75, 3.05) is 13.2 Å². The highest BCUT2D eigenvalue weighted by atomic mass is 16.5. The molecule has 5 nitrogen and oxygen atoms in total. The molecule has 0 unspecified atom stereocenters. The predicted molar refractivity (Wildman–Crippen MR) is 54.4 cm³/mol. The van der Waals surface area contributed by atoms with Gasteiger partial charge in [-0.15, -0.1) is 0 Å². The molecular weight excluding hydrogens is 196 g/mol. The molecule has 0 atom stereocenters. The maximum absolute atomic E-state index is 11.9. The first kappa shape index (κ1) is 11.7. The van der Waals surface area contributed by atoms with Gasteiger partial charge in [0.1, 0.15) is 0 Å². The number of carbonyl (C=O) groups excluding carboxylic acids is 1. The van der Waals surface area contributed by atoms with E-state index in [1.165, 1.54) is 12.3 Å². The fourth-order valence-electron chi connectivity index (χ4n) is 1.30. The Morgan fingerprint density at radius 1 is 1.67 bits per heavy atom. The Labute approximate surface area is 88.7 Å². The van der Waals surface area contributed by atoms with E-state index in [-0.39, 0.29) is 24.3 Å². The zero-order valence-corrected chi connectivity index (χ0v) is 9.01. The van der Waals surface area contributed by atoms with E-state index in [0.29, 0.717) is 13.0 Å². The average molecular weight is 212 g/mol. The van der Waals surface area contributed by atoms with Crippen molar-refractivity contribution in [3.8, 4) is 0 Å². The number of hydrogen-bond donors (Lipinski definition) is 1. The third-order valence-electron chi connectivity index (χ3n) is 2.09. The molecule has 1 rings (SSSR count). The lowest BCUT2D eigenvalue weighted by atomic mass is 10.2. The van der Waals surface area contributed by atoms with E-state index in [1.807, 2.05) is 13.8 Å². The van der Waals surface area contributed by atoms with E-state index < -0.39 is 0 Å². The summed E-state index contributed by atoms with van der Waals surface area (Å²) in [6.07, 6.45) is 2.01. The first-order chi connectivity index (χ1) is 7.16. The van der Waals surface area contributed by atoms with Gasteiger partial charge < -0.3 is 14.5 Å². The molecule has 0 bridgehead atoms. The summed E-state index contributed by atoms with van der Waals surface area (Å²) in [5.41, 5.74) is 0. The summed E-state index contributed by atoms with van der Waals surface area (Å²) in [4.78, 5) is 13.5. The normalized spacial score (nSPS) is 10.7. The molecule has 0 aliphatic rings. The zero-order valence-electron chi connectivity index (χ0n) is 9.01. The van der Waals surface area contributed by atoms with Crippen LogP contribution >= 0.6 is 0 Å². The van der Waals surface area contributed by atoms with Crippen molar-refractivity contribution in [3.63, 3.8) is 0 Å². The van der Waals surface area contributed by atoms with Gasteiger partial charge in [0.15, 0.2) is 0 Å². The maximum Gasteiger partial charge on any atom is 0.292 e. The molecule has 1 heterocycles. The number of aliphatic hydroxyl groups is 1. The second-order valence-electron chi connectivity index (χ2n) is 3.55. The Morgan fingerprint density at radius 3 is 2.87 bits per heavy atom. The van der Waals surface area contributed by atoms with Crippen molar-refractivity contribution in [3.05, 3.63) is 18.0 Å². The molecule has 0 saturated heterocycles. The van der Waals surface area contributed by atoms with Crippen LogP contribution < -0.4 is 0 Å². The summed E-state index contributed by atoms with van der Waals surface area (Å²) in [7, 11) is 0. The van der Waals surface area contributed by atoms with Crippen LogP contribution in [0, 0.1) is 0 Å². The van der Waals surface area contributed by atoms with Gasteiger partial charge in [0.05, 0.1) is 6.20 Å². The summed E-state index contributed by atoms with van der Waals surface area (Å²) in [5.74, 6) is 0.0533. The topological polar surface area (TPSA) is 66.6 Å². The van der Waals surface area contributed by atoms with E-state index in [2.05, 4.69) is 5.16 Å². The molecule has 0 aliphatic carbocycles. The monoisotopic (exact) mass is 212 g/mol. The van der Waals surface area contributed by atoms with Crippen molar-refractivity contribution in [1.29, 1.82) is 0 Å². The third-order valence-corrected chi connectivity index (χ3v) is 2.09. The van der Waals surface area contributed by atoms with Gasteiger partial charge in [-0.2, -0.15) is 0 Å². The summed E-state index contributed by atoms with van der Waals surface area (Å²) in [6, 6.07) is 1.62. The highest BCUT2D eigenvalue weighted by Gasteiger charge is 2.20. The van der Waals surface area contributed by atoms with Crippen LogP contribution in [-0.2, 0) is 0 Å². The summed E-state index contributed by atoms with van der Waals surface area (Å²) in [6.45, 7) is 4.44. The molecule has 0 aliphatic heterocycles. The van der Waals surface area contributed by atoms with Gasteiger partial charge in [-0.25, -0.2) is 0 Å². The number of amides is 1. The van der Waals surface area contributed by atoms with Gasteiger partial charge in [-0.3, -0.25) is 4.79 Å². The van der Waals surface area contributed by atoms with Crippen LogP contribution in [0.5, 0.6) is 0 Å². The van der Waals surface area contributed by atoms with Crippen LogP contribution in [0.4, 0.5) is 0 Å². The van der Waals surface area contributed by atoms with E-state index in [0.717, 1.165) is 0 Å². The van der Waals surface area contributed by atoms with E-state index >= 15 is 0 Å². The molecule has 0 spiro atoms. The summed E-state index contributed by atoms with van der Waals surface area (Å²) >= 11 is 0. The van der Waals surface area contributed by atoms with E-state index in [9.17, 15) is 4.79 Å². The molecule has 1 aromatic heterocycles. The zero-order chi connectivity index (χ0) is 11.3. The van der Waals surface area contributed by atoms with Crippen LogP contribution in [0.3, 0.4) is 0 Å². The van der Waals surface area contributed by atoms with Crippen molar-refractivity contribution in [1.82, 2.24) is 10.1 Å². The Kier molecular flexibility index (Phi) is 4.30. The van der Waals surface area contributed by atoms with Gasteiger partial charge in [0, 0.05) is 25.3 Å². The number of aromatic nitrogens is 1. The standard InChI is InChI=1S/C10H16N2O3/c1-8(2)12(6-3-7-13)10(14)9-4-5-11-15-9/h4-5,8,13H,3,6-7H2,1-2H3. The smallest absolute Gasteiger partial charge is 0.292 e. The largest absolute Gasteiger partial charge is 0.396 e. The molecule has 0 radical (unpaired) electrons. The van der Waals surface area contributed by atoms with Crippen LogP contribution in [0.15, 0.2) is 16.8 Å². The van der Waals surface area contributed by atoms with Crippen LogP contribution in [0.1, 0.15) is 30.8 Å². The quantitative estimate of drug-likeness (QED) is 0.787. The second kappa shape index (κ2) is 5.50. The number of nitrogens with zero attached hydrogens (tertiary/aromatic N) is 2. The molecule has 15 heavy (non-hydrogen) atoms. The lowest BCUT2D eigenvalue weighted by molar-refractivity contribution is 0.0651. The van der Waals surface area contributed by atoms with Gasteiger partial charge in [-0.05, 0) is 20.3 Å². The minimum atomic E-state index is -0.184. The molecule has 1 amide bonds. The fraction of sp³-hybridized carbons (Fsp3) is 0.600. The Hall–Kier alpha value is -1.36. The number of rotatable bonds is 5. The molecule has 5 heteroatoms. The van der Waals surface area contributed by atoms with Crippen LogP contribution in [0.2, 0.25) is 0 Å². The summed E-state index contributed by atoms with van der Waals surface area (Å²) in [5, 5.41) is 12.2. The van der Waals surface area contributed by atoms with Gasteiger partial charge in [0.2, 0.25) is 5.76 Å². The van der Waals surface area contributed by atoms with Gasteiger partial charge >= 0.3 is 0 Å². The molecule has 0 fully saturated rings. The molecule has 84 valence electrons. The Balaban J connectivity index is 2.67. The van der Waals surface area contributed by atoms with Gasteiger partial charge in [-0.1, -0.05) is 5.16 Å². The maximum atomic E-state index is 11.9. The number of carbonyl (C=O) groups is 1. The molecule has 0 saturated carbocycles. The highest BCUT2D eigenvalue weighted by Crippen LogP contribution is 2.08. The summed E-state index contributed by atoms with van der Waals surface area (Å²) < 4.78 is 4.80. The first-order valence-corrected chi connectivity index (χ1v) is 4.99. The number of hydrogen-bond acceptors (Lipinski definition) is 4. The first-order valence-electron chi connectivity index (χ1n) is 4.99. The highest BCUT2D eigenvalue weighted by molar-refractivity contribution is 5.91. The third kappa shape index (κ3) is 3.06. The molecular formula is C10H16N2O3. The van der Waals surface area contributed by atoms with Crippen LogP contribution in [0.25, 0.3) is 0 Å². The Morgan fingerprint density at radius 2 is 2.40 bits per heavy atom. The fourth-order valence-corrected chi connectivity index (χ4v) is 1.30. The average Bonchev–Trinajstić information content (AvgIpc) is 2.70. The van der Waals surface area contributed by atoms with Crippen molar-refractivity contribution in [2.45, 2.75) is 26.3 Å². The van der Waals surface area contributed by atoms with E-state index in [4.69, 9.17) is 9.63 Å².